The molecule has 0 fully saturated rings. The molecule has 0 aliphatic heterocycles. The van der Waals surface area contributed by atoms with Crippen LogP contribution in [0, 0.1) is 6.92 Å². The average molecular weight is 271 g/mol. The first-order valence-corrected chi connectivity index (χ1v) is 6.63. The third kappa shape index (κ3) is 4.26. The molecule has 0 aromatic carbocycles. The monoisotopic (exact) mass is 270 g/mol. The lowest BCUT2D eigenvalue weighted by Gasteiger charge is -2.10. The molecule has 5 heteroatoms. The quantitative estimate of drug-likeness (QED) is 0.589. The Morgan fingerprint density at radius 3 is 2.61 bits per heavy atom. The fourth-order valence-electron chi connectivity index (χ4n) is 1.77. The molecule has 0 unspecified atom stereocenters. The summed E-state index contributed by atoms with van der Waals surface area (Å²) in [6.07, 6.45) is 2.68. The van der Waals surface area contributed by atoms with E-state index in [9.17, 15) is 4.79 Å². The van der Waals surface area contributed by atoms with Gasteiger partial charge in [0, 0.05) is 17.7 Å². The third-order valence-electron chi connectivity index (χ3n) is 2.53. The molecule has 0 spiro atoms. The van der Waals surface area contributed by atoms with Crippen molar-refractivity contribution in [3.63, 3.8) is 0 Å². The maximum atomic E-state index is 11.4. The molecule has 0 atom stereocenters. The van der Waals surface area contributed by atoms with Gasteiger partial charge < -0.3 is 4.74 Å². The van der Waals surface area contributed by atoms with Gasteiger partial charge in [-0.3, -0.25) is 4.79 Å². The van der Waals surface area contributed by atoms with Crippen molar-refractivity contribution >= 4 is 17.6 Å². The van der Waals surface area contributed by atoms with Crippen LogP contribution in [-0.2, 0) is 22.4 Å². The average Bonchev–Trinajstić information content (AvgIpc) is 2.28. The predicted octanol–water partition coefficient (Wildman–Crippen LogP) is 2.89. The Morgan fingerprint density at radius 2 is 2.00 bits per heavy atom. The Labute approximate surface area is 113 Å². The number of hydrogen-bond donors (Lipinski definition) is 0. The molecular formula is C13H19ClN2O2. The van der Waals surface area contributed by atoms with Crippen molar-refractivity contribution < 1.29 is 9.53 Å². The minimum Gasteiger partial charge on any atom is -0.466 e. The van der Waals surface area contributed by atoms with Gasteiger partial charge in [0.15, 0.2) is 0 Å². The molecule has 1 aromatic rings. The minimum absolute atomic E-state index is 0.211. The molecule has 0 amide bonds. The van der Waals surface area contributed by atoms with Crippen molar-refractivity contribution in [1.29, 1.82) is 0 Å². The lowest BCUT2D eigenvalue weighted by atomic mass is 10.1. The molecule has 1 aromatic heterocycles. The van der Waals surface area contributed by atoms with Crippen LogP contribution in [-0.4, -0.2) is 22.5 Å². The standard InChI is InChI=1S/C13H19ClN2O2/c1-4-6-11-10(7-8-12(17)18-5-2)13(14)16-9(3)15-11/h4-8H2,1-3H3. The van der Waals surface area contributed by atoms with Gasteiger partial charge in [-0.05, 0) is 26.7 Å². The van der Waals surface area contributed by atoms with Crippen LogP contribution in [0.1, 0.15) is 43.8 Å². The van der Waals surface area contributed by atoms with Gasteiger partial charge in [-0.25, -0.2) is 9.97 Å². The lowest BCUT2D eigenvalue weighted by Crippen LogP contribution is -2.09. The molecule has 0 aliphatic rings. The number of rotatable bonds is 6. The van der Waals surface area contributed by atoms with Crippen LogP contribution < -0.4 is 0 Å². The molecular weight excluding hydrogens is 252 g/mol. The zero-order valence-electron chi connectivity index (χ0n) is 11.1. The normalized spacial score (nSPS) is 10.4. The van der Waals surface area contributed by atoms with Gasteiger partial charge in [0.2, 0.25) is 0 Å². The number of esters is 1. The number of carbonyl (C=O) groups is 1. The molecule has 0 radical (unpaired) electrons. The molecule has 0 saturated heterocycles. The second-order valence-corrected chi connectivity index (χ2v) is 4.40. The maximum absolute atomic E-state index is 11.4. The summed E-state index contributed by atoms with van der Waals surface area (Å²) in [7, 11) is 0. The first-order valence-electron chi connectivity index (χ1n) is 6.26. The second kappa shape index (κ2) is 7.31. The summed E-state index contributed by atoms with van der Waals surface area (Å²) in [5, 5.41) is 0.454. The van der Waals surface area contributed by atoms with Crippen molar-refractivity contribution in [2.45, 2.75) is 46.5 Å². The van der Waals surface area contributed by atoms with Gasteiger partial charge >= 0.3 is 5.97 Å². The molecule has 4 nitrogen and oxygen atoms in total. The van der Waals surface area contributed by atoms with E-state index in [0.717, 1.165) is 24.1 Å². The highest BCUT2D eigenvalue weighted by atomic mass is 35.5. The highest BCUT2D eigenvalue weighted by Gasteiger charge is 2.13. The SMILES string of the molecule is CCCc1nc(C)nc(Cl)c1CCC(=O)OCC. The molecule has 0 bridgehead atoms. The minimum atomic E-state index is -0.211. The molecule has 0 aliphatic carbocycles. The summed E-state index contributed by atoms with van der Waals surface area (Å²) in [5.74, 6) is 0.458. The molecule has 100 valence electrons. The Kier molecular flexibility index (Phi) is 6.05. The number of halogens is 1. The van der Waals surface area contributed by atoms with E-state index in [0.29, 0.717) is 30.4 Å². The van der Waals surface area contributed by atoms with Gasteiger partial charge in [-0.15, -0.1) is 0 Å². The topological polar surface area (TPSA) is 52.1 Å². The Bertz CT molecular complexity index is 422. The third-order valence-corrected chi connectivity index (χ3v) is 2.84. The van der Waals surface area contributed by atoms with Crippen molar-refractivity contribution in [1.82, 2.24) is 9.97 Å². The van der Waals surface area contributed by atoms with Gasteiger partial charge in [0.25, 0.3) is 0 Å². The number of ether oxygens (including phenoxy) is 1. The van der Waals surface area contributed by atoms with Crippen LogP contribution in [0.2, 0.25) is 5.15 Å². The first-order chi connectivity index (χ1) is 8.58. The van der Waals surface area contributed by atoms with E-state index in [-0.39, 0.29) is 5.97 Å². The second-order valence-electron chi connectivity index (χ2n) is 4.04. The van der Waals surface area contributed by atoms with Crippen molar-refractivity contribution in [3.8, 4) is 0 Å². The van der Waals surface area contributed by atoms with E-state index in [4.69, 9.17) is 16.3 Å². The lowest BCUT2D eigenvalue weighted by molar-refractivity contribution is -0.143. The van der Waals surface area contributed by atoms with Crippen molar-refractivity contribution in [3.05, 3.63) is 22.2 Å². The van der Waals surface area contributed by atoms with Crippen LogP contribution >= 0.6 is 11.6 Å². The van der Waals surface area contributed by atoms with Gasteiger partial charge in [-0.2, -0.15) is 0 Å². The van der Waals surface area contributed by atoms with E-state index < -0.39 is 0 Å². The molecule has 1 heterocycles. The van der Waals surface area contributed by atoms with E-state index >= 15 is 0 Å². The van der Waals surface area contributed by atoms with Gasteiger partial charge in [0.1, 0.15) is 11.0 Å². The summed E-state index contributed by atoms with van der Waals surface area (Å²) < 4.78 is 4.90. The summed E-state index contributed by atoms with van der Waals surface area (Å²) in [4.78, 5) is 19.9. The van der Waals surface area contributed by atoms with Crippen molar-refractivity contribution in [2.24, 2.45) is 0 Å². The molecule has 0 N–H and O–H groups in total. The fourth-order valence-corrected chi connectivity index (χ4v) is 2.09. The number of aryl methyl sites for hydroxylation is 2. The van der Waals surface area contributed by atoms with Crippen LogP contribution in [0.4, 0.5) is 0 Å². The zero-order valence-corrected chi connectivity index (χ0v) is 11.9. The molecule has 18 heavy (non-hydrogen) atoms. The maximum Gasteiger partial charge on any atom is 0.306 e. The smallest absolute Gasteiger partial charge is 0.306 e. The van der Waals surface area contributed by atoms with Crippen LogP contribution in [0.3, 0.4) is 0 Å². The highest BCUT2D eigenvalue weighted by molar-refractivity contribution is 6.30. The fraction of sp³-hybridized carbons (Fsp3) is 0.615. The van der Waals surface area contributed by atoms with Crippen LogP contribution in [0.15, 0.2) is 0 Å². The number of hydrogen-bond acceptors (Lipinski definition) is 4. The molecule has 0 saturated carbocycles. The summed E-state index contributed by atoms with van der Waals surface area (Å²) in [6.45, 7) is 6.10. The van der Waals surface area contributed by atoms with Crippen molar-refractivity contribution in [2.75, 3.05) is 6.61 Å². The van der Waals surface area contributed by atoms with E-state index in [2.05, 4.69) is 16.9 Å². The van der Waals surface area contributed by atoms with E-state index in [1.807, 2.05) is 6.92 Å². The highest BCUT2D eigenvalue weighted by Crippen LogP contribution is 2.20. The van der Waals surface area contributed by atoms with E-state index in [1.54, 1.807) is 6.92 Å². The van der Waals surface area contributed by atoms with Gasteiger partial charge in [0.05, 0.1) is 6.61 Å². The number of aromatic nitrogens is 2. The Hall–Kier alpha value is -1.16. The summed E-state index contributed by atoms with van der Waals surface area (Å²) in [6, 6.07) is 0. The van der Waals surface area contributed by atoms with Crippen LogP contribution in [0.25, 0.3) is 0 Å². The largest absolute Gasteiger partial charge is 0.466 e. The summed E-state index contributed by atoms with van der Waals surface area (Å²) >= 11 is 6.13. The Balaban J connectivity index is 2.82. The Morgan fingerprint density at radius 1 is 1.28 bits per heavy atom. The first kappa shape index (κ1) is 14.9. The molecule has 1 rings (SSSR count). The zero-order chi connectivity index (χ0) is 13.5. The number of nitrogens with zero attached hydrogens (tertiary/aromatic N) is 2. The number of carbonyl (C=O) groups excluding carboxylic acids is 1. The summed E-state index contributed by atoms with van der Waals surface area (Å²) in [5.41, 5.74) is 1.82. The van der Waals surface area contributed by atoms with Crippen LogP contribution in [0.5, 0.6) is 0 Å². The predicted molar refractivity (Wildman–Crippen MR) is 70.7 cm³/mol. The van der Waals surface area contributed by atoms with Gasteiger partial charge in [-0.1, -0.05) is 24.9 Å². The van der Waals surface area contributed by atoms with E-state index in [1.165, 1.54) is 0 Å².